The van der Waals surface area contributed by atoms with Crippen molar-refractivity contribution in [1.82, 2.24) is 19.7 Å². The zero-order valence-electron chi connectivity index (χ0n) is 14.7. The van der Waals surface area contributed by atoms with Crippen molar-refractivity contribution in [3.63, 3.8) is 0 Å². The fourth-order valence-corrected chi connectivity index (χ4v) is 3.72. The molecule has 26 heavy (non-hydrogen) atoms. The first-order chi connectivity index (χ1) is 12.8. The van der Waals surface area contributed by atoms with Crippen molar-refractivity contribution in [3.8, 4) is 5.69 Å². The van der Waals surface area contributed by atoms with E-state index in [2.05, 4.69) is 22.3 Å². The van der Waals surface area contributed by atoms with Crippen LogP contribution in [0.1, 0.15) is 41.6 Å². The maximum absolute atomic E-state index is 13.5. The number of hydrogen-bond donors (Lipinski definition) is 0. The van der Waals surface area contributed by atoms with Gasteiger partial charge in [-0.2, -0.15) is 0 Å². The quantitative estimate of drug-likeness (QED) is 0.705. The molecule has 132 valence electrons. The summed E-state index contributed by atoms with van der Waals surface area (Å²) in [5, 5.41) is 7.75. The van der Waals surface area contributed by atoms with Crippen LogP contribution in [0.4, 0.5) is 0 Å². The number of aromatic nitrogens is 3. The number of para-hydroxylation sites is 1. The van der Waals surface area contributed by atoms with Gasteiger partial charge in [0.05, 0.1) is 11.3 Å². The zero-order chi connectivity index (χ0) is 17.8. The molecule has 0 spiro atoms. The summed E-state index contributed by atoms with van der Waals surface area (Å²) >= 11 is 0. The monoisotopic (exact) mass is 346 g/mol. The summed E-state index contributed by atoms with van der Waals surface area (Å²) in [6.07, 6.45) is 7.79. The van der Waals surface area contributed by atoms with E-state index >= 15 is 0 Å². The normalized spacial score (nSPS) is 14.5. The summed E-state index contributed by atoms with van der Waals surface area (Å²) in [6.45, 7) is 0.640. The van der Waals surface area contributed by atoms with E-state index in [0.717, 1.165) is 24.1 Å². The van der Waals surface area contributed by atoms with Crippen molar-refractivity contribution >= 4 is 5.91 Å². The number of hydrogen-bond acceptors (Lipinski definition) is 3. The summed E-state index contributed by atoms with van der Waals surface area (Å²) in [7, 11) is 0. The first-order valence-corrected chi connectivity index (χ1v) is 9.12. The molecule has 5 heteroatoms. The van der Waals surface area contributed by atoms with Crippen LogP contribution in [0.25, 0.3) is 5.69 Å². The lowest BCUT2D eigenvalue weighted by Crippen LogP contribution is -2.38. The maximum Gasteiger partial charge on any atom is 0.256 e. The van der Waals surface area contributed by atoms with E-state index < -0.39 is 0 Å². The van der Waals surface area contributed by atoms with Crippen molar-refractivity contribution < 1.29 is 4.79 Å². The molecule has 0 bridgehead atoms. The van der Waals surface area contributed by atoms with Gasteiger partial charge in [0.25, 0.3) is 5.91 Å². The van der Waals surface area contributed by atoms with E-state index in [-0.39, 0.29) is 5.91 Å². The molecule has 3 aromatic rings. The lowest BCUT2D eigenvalue weighted by Gasteiger charge is -2.30. The van der Waals surface area contributed by atoms with Gasteiger partial charge >= 0.3 is 0 Å². The van der Waals surface area contributed by atoms with Crippen LogP contribution in [0.5, 0.6) is 0 Å². The first kappa shape index (κ1) is 16.5. The third kappa shape index (κ3) is 3.38. The molecule has 0 N–H and O–H groups in total. The molecule has 5 nitrogen and oxygen atoms in total. The van der Waals surface area contributed by atoms with Crippen molar-refractivity contribution in [2.75, 3.05) is 0 Å². The second-order valence-corrected chi connectivity index (χ2v) is 6.74. The number of nitrogens with zero attached hydrogens (tertiary/aromatic N) is 4. The van der Waals surface area contributed by atoms with Gasteiger partial charge < -0.3 is 4.90 Å². The van der Waals surface area contributed by atoms with E-state index in [0.29, 0.717) is 18.2 Å². The Hall–Kier alpha value is -2.95. The summed E-state index contributed by atoms with van der Waals surface area (Å²) in [5.74, 6) is 0.0741. The second-order valence-electron chi connectivity index (χ2n) is 6.74. The van der Waals surface area contributed by atoms with Gasteiger partial charge in [0.15, 0.2) is 0 Å². The Labute approximate surface area is 153 Å². The van der Waals surface area contributed by atoms with Crippen LogP contribution >= 0.6 is 0 Å². The van der Waals surface area contributed by atoms with Crippen LogP contribution in [0.3, 0.4) is 0 Å². The van der Waals surface area contributed by atoms with E-state index in [1.807, 2.05) is 47.4 Å². The van der Waals surface area contributed by atoms with Gasteiger partial charge in [0.2, 0.25) is 0 Å². The largest absolute Gasteiger partial charge is 0.331 e. The Bertz CT molecular complexity index is 855. The second kappa shape index (κ2) is 7.52. The van der Waals surface area contributed by atoms with Crippen molar-refractivity contribution in [2.45, 2.75) is 38.3 Å². The molecular formula is C21H22N4O. The molecule has 1 heterocycles. The minimum absolute atomic E-state index is 0.0741. The van der Waals surface area contributed by atoms with Gasteiger partial charge in [-0.1, -0.05) is 55.3 Å². The molecule has 4 rings (SSSR count). The topological polar surface area (TPSA) is 51.0 Å². The molecular weight excluding hydrogens is 324 g/mol. The molecule has 1 aliphatic rings. The first-order valence-electron chi connectivity index (χ1n) is 9.12. The molecule has 1 fully saturated rings. The highest BCUT2D eigenvalue weighted by Crippen LogP contribution is 2.28. The molecule has 1 aromatic heterocycles. The van der Waals surface area contributed by atoms with E-state index in [4.69, 9.17) is 0 Å². The summed E-state index contributed by atoms with van der Waals surface area (Å²) in [6, 6.07) is 18.2. The Kier molecular flexibility index (Phi) is 4.78. The number of rotatable bonds is 5. The van der Waals surface area contributed by atoms with Gasteiger partial charge in [0.1, 0.15) is 12.7 Å². The minimum Gasteiger partial charge on any atom is -0.331 e. The summed E-state index contributed by atoms with van der Waals surface area (Å²) < 4.78 is 1.79. The number of carbonyl (C=O) groups excluding carboxylic acids is 1. The van der Waals surface area contributed by atoms with Crippen LogP contribution < -0.4 is 0 Å². The van der Waals surface area contributed by atoms with Crippen LogP contribution in [0.2, 0.25) is 0 Å². The highest BCUT2D eigenvalue weighted by molar-refractivity contribution is 5.98. The van der Waals surface area contributed by atoms with Crippen molar-refractivity contribution in [1.29, 1.82) is 0 Å². The SMILES string of the molecule is O=C(c1ccccc1-n1cnnc1)N(Cc1ccccc1)C1CCCC1. The average Bonchev–Trinajstić information content (AvgIpc) is 3.40. The standard InChI is InChI=1S/C21H22N4O/c26-21(19-12-6-7-13-20(19)24-15-22-23-16-24)25(18-10-4-5-11-18)14-17-8-2-1-3-9-17/h1-3,6-9,12-13,15-16,18H,4-5,10-11,14H2. The Morgan fingerprint density at radius 3 is 2.35 bits per heavy atom. The molecule has 0 atom stereocenters. The van der Waals surface area contributed by atoms with Gasteiger partial charge in [-0.05, 0) is 30.5 Å². The smallest absolute Gasteiger partial charge is 0.256 e. The molecule has 0 unspecified atom stereocenters. The lowest BCUT2D eigenvalue weighted by molar-refractivity contribution is 0.0664. The van der Waals surface area contributed by atoms with E-state index in [9.17, 15) is 4.79 Å². The maximum atomic E-state index is 13.5. The molecule has 0 aliphatic heterocycles. The predicted octanol–water partition coefficient (Wildman–Crippen LogP) is 3.85. The van der Waals surface area contributed by atoms with E-state index in [1.54, 1.807) is 17.2 Å². The third-order valence-electron chi connectivity index (χ3n) is 5.05. The Morgan fingerprint density at radius 2 is 1.62 bits per heavy atom. The summed E-state index contributed by atoms with van der Waals surface area (Å²) in [5.41, 5.74) is 2.67. The number of benzene rings is 2. The summed E-state index contributed by atoms with van der Waals surface area (Å²) in [4.78, 5) is 15.6. The highest BCUT2D eigenvalue weighted by atomic mass is 16.2. The zero-order valence-corrected chi connectivity index (χ0v) is 14.7. The number of amides is 1. The third-order valence-corrected chi connectivity index (χ3v) is 5.05. The molecule has 0 saturated heterocycles. The van der Waals surface area contributed by atoms with Crippen LogP contribution in [0.15, 0.2) is 67.3 Å². The van der Waals surface area contributed by atoms with E-state index in [1.165, 1.54) is 12.8 Å². The van der Waals surface area contributed by atoms with Crippen molar-refractivity contribution in [3.05, 3.63) is 78.4 Å². The Balaban J connectivity index is 1.69. The molecule has 2 aromatic carbocycles. The van der Waals surface area contributed by atoms with Crippen molar-refractivity contribution in [2.24, 2.45) is 0 Å². The van der Waals surface area contributed by atoms with Crippen LogP contribution in [-0.2, 0) is 6.54 Å². The molecule has 1 aliphatic carbocycles. The Morgan fingerprint density at radius 1 is 0.962 bits per heavy atom. The molecule has 1 amide bonds. The predicted molar refractivity (Wildman–Crippen MR) is 99.9 cm³/mol. The molecule has 0 radical (unpaired) electrons. The fourth-order valence-electron chi connectivity index (χ4n) is 3.72. The van der Waals surface area contributed by atoms with Gasteiger partial charge in [-0.3, -0.25) is 9.36 Å². The van der Waals surface area contributed by atoms with Gasteiger partial charge in [0, 0.05) is 12.6 Å². The van der Waals surface area contributed by atoms with Crippen LogP contribution in [0, 0.1) is 0 Å². The van der Waals surface area contributed by atoms with Gasteiger partial charge in [-0.15, -0.1) is 10.2 Å². The van der Waals surface area contributed by atoms with Gasteiger partial charge in [-0.25, -0.2) is 0 Å². The average molecular weight is 346 g/mol. The highest BCUT2D eigenvalue weighted by Gasteiger charge is 2.29. The van der Waals surface area contributed by atoms with Crippen LogP contribution in [-0.4, -0.2) is 31.6 Å². The minimum atomic E-state index is 0.0741. The fraction of sp³-hybridized carbons (Fsp3) is 0.286. The molecule has 1 saturated carbocycles. The number of carbonyl (C=O) groups is 1. The lowest BCUT2D eigenvalue weighted by atomic mass is 10.1.